The van der Waals surface area contributed by atoms with E-state index in [0.29, 0.717) is 13.0 Å². The molecule has 114 valence electrons. The van der Waals surface area contributed by atoms with Gasteiger partial charge < -0.3 is 15.0 Å². The fourth-order valence-corrected chi connectivity index (χ4v) is 3.49. The van der Waals surface area contributed by atoms with Crippen LogP contribution in [0.3, 0.4) is 0 Å². The number of thiophene rings is 1. The van der Waals surface area contributed by atoms with Crippen LogP contribution in [-0.4, -0.2) is 38.2 Å². The second-order valence-corrected chi connectivity index (χ2v) is 6.04. The number of ketones is 1. The molecular formula is C15H15N3O3S. The smallest absolute Gasteiger partial charge is 0.290 e. The predicted molar refractivity (Wildman–Crippen MR) is 81.4 cm³/mol. The monoisotopic (exact) mass is 317 g/mol. The molecule has 3 rings (SSSR count). The third-order valence-corrected chi connectivity index (χ3v) is 4.60. The number of H-pyrrole nitrogens is 1. The molecule has 3 heterocycles. The van der Waals surface area contributed by atoms with E-state index in [1.807, 2.05) is 17.5 Å². The molecule has 2 N–H and O–H groups in total. The first-order valence-corrected chi connectivity index (χ1v) is 7.73. The summed E-state index contributed by atoms with van der Waals surface area (Å²) in [5.74, 6) is -1.22. The Morgan fingerprint density at radius 2 is 2.36 bits per heavy atom. The second kappa shape index (κ2) is 5.76. The van der Waals surface area contributed by atoms with Crippen molar-refractivity contribution in [2.75, 3.05) is 6.54 Å². The van der Waals surface area contributed by atoms with Crippen molar-refractivity contribution in [1.82, 2.24) is 14.9 Å². The first kappa shape index (κ1) is 14.5. The number of aromatic amines is 1. The van der Waals surface area contributed by atoms with Gasteiger partial charge in [-0.2, -0.15) is 0 Å². The van der Waals surface area contributed by atoms with E-state index in [-0.39, 0.29) is 11.4 Å². The molecule has 0 bridgehead atoms. The summed E-state index contributed by atoms with van der Waals surface area (Å²) in [6.45, 7) is 1.77. The summed E-state index contributed by atoms with van der Waals surface area (Å²) in [7, 11) is 0. The highest BCUT2D eigenvalue weighted by atomic mass is 32.1. The van der Waals surface area contributed by atoms with Crippen molar-refractivity contribution < 1.29 is 14.7 Å². The molecule has 0 aromatic carbocycles. The van der Waals surface area contributed by atoms with Crippen molar-refractivity contribution in [3.05, 3.63) is 51.9 Å². The van der Waals surface area contributed by atoms with Gasteiger partial charge in [-0.15, -0.1) is 11.3 Å². The summed E-state index contributed by atoms with van der Waals surface area (Å²) in [5, 5.41) is 12.0. The Balaban J connectivity index is 1.91. The number of rotatable bonds is 5. The summed E-state index contributed by atoms with van der Waals surface area (Å²) in [6.07, 6.45) is 3.85. The fourth-order valence-electron chi connectivity index (χ4n) is 2.65. The van der Waals surface area contributed by atoms with Gasteiger partial charge in [0.1, 0.15) is 0 Å². The number of Topliss-reactive ketones (excluding diaryl/α,β-unsaturated/α-hetero) is 1. The third kappa shape index (κ3) is 2.43. The molecule has 22 heavy (non-hydrogen) atoms. The van der Waals surface area contributed by atoms with Gasteiger partial charge in [0.2, 0.25) is 0 Å². The maximum Gasteiger partial charge on any atom is 0.290 e. The van der Waals surface area contributed by atoms with Gasteiger partial charge in [0.15, 0.2) is 11.5 Å². The molecule has 0 saturated carbocycles. The van der Waals surface area contributed by atoms with Crippen molar-refractivity contribution in [2.24, 2.45) is 0 Å². The van der Waals surface area contributed by atoms with E-state index < -0.39 is 17.7 Å². The highest BCUT2D eigenvalue weighted by Gasteiger charge is 2.42. The van der Waals surface area contributed by atoms with E-state index in [0.717, 1.165) is 10.6 Å². The molecular weight excluding hydrogens is 302 g/mol. The average Bonchev–Trinajstić information content (AvgIpc) is 3.20. The summed E-state index contributed by atoms with van der Waals surface area (Å²) < 4.78 is 0. The molecule has 0 fully saturated rings. The Morgan fingerprint density at radius 1 is 1.55 bits per heavy atom. The number of amides is 1. The summed E-state index contributed by atoms with van der Waals surface area (Å²) >= 11 is 1.46. The molecule has 1 amide bonds. The van der Waals surface area contributed by atoms with E-state index in [4.69, 9.17) is 0 Å². The maximum absolute atomic E-state index is 12.3. The highest BCUT2D eigenvalue weighted by Crippen LogP contribution is 2.39. The molecule has 7 heteroatoms. The van der Waals surface area contributed by atoms with Crippen LogP contribution in [0.25, 0.3) is 0 Å². The minimum Gasteiger partial charge on any atom is -0.503 e. The van der Waals surface area contributed by atoms with Crippen LogP contribution in [0.15, 0.2) is 41.4 Å². The molecule has 0 aliphatic carbocycles. The lowest BCUT2D eigenvalue weighted by atomic mass is 10.0. The van der Waals surface area contributed by atoms with Gasteiger partial charge in [-0.25, -0.2) is 4.98 Å². The Kier molecular flexibility index (Phi) is 3.81. The molecule has 1 unspecified atom stereocenters. The number of aliphatic hydroxyl groups excluding tert-OH is 1. The first-order chi connectivity index (χ1) is 10.6. The summed E-state index contributed by atoms with van der Waals surface area (Å²) in [5.41, 5.74) is 1.07. The maximum atomic E-state index is 12.3. The number of nitrogens with one attached hydrogen (secondary N) is 1. The largest absolute Gasteiger partial charge is 0.503 e. The minimum absolute atomic E-state index is 0.178. The normalized spacial score (nSPS) is 18.3. The number of carbonyl (C=O) groups is 2. The van der Waals surface area contributed by atoms with Crippen molar-refractivity contribution in [1.29, 1.82) is 0 Å². The van der Waals surface area contributed by atoms with Crippen LogP contribution < -0.4 is 0 Å². The first-order valence-electron chi connectivity index (χ1n) is 6.85. The van der Waals surface area contributed by atoms with Crippen LogP contribution in [0.4, 0.5) is 0 Å². The molecule has 6 nitrogen and oxygen atoms in total. The highest BCUT2D eigenvalue weighted by molar-refractivity contribution is 7.10. The fraction of sp³-hybridized carbons (Fsp3) is 0.267. The molecule has 0 saturated heterocycles. The van der Waals surface area contributed by atoms with E-state index >= 15 is 0 Å². The van der Waals surface area contributed by atoms with Crippen LogP contribution in [0, 0.1) is 0 Å². The van der Waals surface area contributed by atoms with Gasteiger partial charge in [0.05, 0.1) is 17.9 Å². The number of carbonyl (C=O) groups excluding carboxylic acids is 2. The number of aromatic nitrogens is 2. The number of nitrogens with zero attached hydrogens (tertiary/aromatic N) is 2. The molecule has 1 atom stereocenters. The SMILES string of the molecule is CC(=O)C1=C(O)C(=O)N(CCc2cnc[nH]2)C1c1cccs1. The predicted octanol–water partition coefficient (Wildman–Crippen LogP) is 2.00. The molecule has 1 aliphatic heterocycles. The van der Waals surface area contributed by atoms with Crippen molar-refractivity contribution in [3.63, 3.8) is 0 Å². The Morgan fingerprint density at radius 3 is 2.95 bits per heavy atom. The van der Waals surface area contributed by atoms with Crippen molar-refractivity contribution >= 4 is 23.0 Å². The zero-order valence-electron chi connectivity index (χ0n) is 11.9. The molecule has 2 aromatic rings. The Labute approximate surface area is 131 Å². The Bertz CT molecular complexity index is 719. The topological polar surface area (TPSA) is 86.3 Å². The zero-order valence-corrected chi connectivity index (χ0v) is 12.8. The molecule has 2 aromatic heterocycles. The van der Waals surface area contributed by atoms with Crippen LogP contribution >= 0.6 is 11.3 Å². The second-order valence-electron chi connectivity index (χ2n) is 5.06. The minimum atomic E-state index is -0.507. The number of hydrogen-bond donors (Lipinski definition) is 2. The third-order valence-electron chi connectivity index (χ3n) is 3.67. The van der Waals surface area contributed by atoms with Crippen molar-refractivity contribution in [3.8, 4) is 0 Å². The van der Waals surface area contributed by atoms with Crippen LogP contribution in [0.2, 0.25) is 0 Å². The number of hydrogen-bond acceptors (Lipinski definition) is 5. The van der Waals surface area contributed by atoms with E-state index in [1.165, 1.54) is 18.3 Å². The Hall–Kier alpha value is -2.41. The van der Waals surface area contributed by atoms with Gasteiger partial charge in [0, 0.05) is 29.7 Å². The lowest BCUT2D eigenvalue weighted by Crippen LogP contribution is -2.32. The molecule has 1 aliphatic rings. The van der Waals surface area contributed by atoms with E-state index in [9.17, 15) is 14.7 Å². The van der Waals surface area contributed by atoms with Gasteiger partial charge in [0.25, 0.3) is 5.91 Å². The van der Waals surface area contributed by atoms with Crippen molar-refractivity contribution in [2.45, 2.75) is 19.4 Å². The van der Waals surface area contributed by atoms with Gasteiger partial charge in [-0.1, -0.05) is 6.07 Å². The number of aliphatic hydroxyl groups is 1. The molecule has 0 radical (unpaired) electrons. The van der Waals surface area contributed by atoms with Crippen LogP contribution in [-0.2, 0) is 16.0 Å². The van der Waals surface area contributed by atoms with Crippen LogP contribution in [0.1, 0.15) is 23.5 Å². The summed E-state index contributed by atoms with van der Waals surface area (Å²) in [6, 6.07) is 3.23. The summed E-state index contributed by atoms with van der Waals surface area (Å²) in [4.78, 5) is 33.5. The van der Waals surface area contributed by atoms with Crippen LogP contribution in [0.5, 0.6) is 0 Å². The van der Waals surface area contributed by atoms with E-state index in [1.54, 1.807) is 17.4 Å². The van der Waals surface area contributed by atoms with Gasteiger partial charge in [-0.3, -0.25) is 9.59 Å². The quantitative estimate of drug-likeness (QED) is 0.883. The molecule has 0 spiro atoms. The van der Waals surface area contributed by atoms with E-state index in [2.05, 4.69) is 9.97 Å². The zero-order chi connectivity index (χ0) is 15.7. The lowest BCUT2D eigenvalue weighted by molar-refractivity contribution is -0.129. The van der Waals surface area contributed by atoms with Gasteiger partial charge >= 0.3 is 0 Å². The number of imidazole rings is 1. The lowest BCUT2D eigenvalue weighted by Gasteiger charge is -2.25. The van der Waals surface area contributed by atoms with Gasteiger partial charge in [-0.05, 0) is 18.4 Å². The average molecular weight is 317 g/mol. The standard InChI is InChI=1S/C15H15N3O3S/c1-9(19)12-13(11-3-2-6-22-11)18(15(21)14(12)20)5-4-10-7-16-8-17-10/h2-3,6-8,13,20H,4-5H2,1H3,(H,16,17).